The number of rotatable bonds is 5. The Labute approximate surface area is 152 Å². The van der Waals surface area contributed by atoms with E-state index >= 15 is 0 Å². The van der Waals surface area contributed by atoms with E-state index in [9.17, 15) is 4.79 Å². The van der Waals surface area contributed by atoms with E-state index in [0.29, 0.717) is 12.5 Å². The Kier molecular flexibility index (Phi) is 5.14. The lowest BCUT2D eigenvalue weighted by molar-refractivity contribution is -0.131. The average molecular weight is 360 g/mol. The summed E-state index contributed by atoms with van der Waals surface area (Å²) in [5.74, 6) is 1.13. The first-order valence-corrected chi connectivity index (χ1v) is 9.87. The molecule has 2 aliphatic rings. The first-order valence-electron chi connectivity index (χ1n) is 8.99. The summed E-state index contributed by atoms with van der Waals surface area (Å²) in [5.41, 5.74) is 1.10. The van der Waals surface area contributed by atoms with E-state index in [1.807, 2.05) is 17.0 Å². The van der Waals surface area contributed by atoms with Crippen molar-refractivity contribution >= 4 is 17.2 Å². The minimum absolute atomic E-state index is 0.300. The molecule has 0 aromatic carbocycles. The summed E-state index contributed by atoms with van der Waals surface area (Å²) in [7, 11) is 0. The molecule has 4 heterocycles. The third-order valence-corrected chi connectivity index (χ3v) is 5.86. The zero-order chi connectivity index (χ0) is 17.1. The second kappa shape index (κ2) is 7.68. The SMILES string of the molecule is O=C(CN1CCN(Cc2csc(-c3ccco3)n2)CC1)N1CCCC1. The minimum atomic E-state index is 0.300. The van der Waals surface area contributed by atoms with Crippen molar-refractivity contribution in [2.45, 2.75) is 19.4 Å². The van der Waals surface area contributed by atoms with Crippen LogP contribution in [-0.4, -0.2) is 71.4 Å². The van der Waals surface area contributed by atoms with E-state index in [1.165, 1.54) is 0 Å². The van der Waals surface area contributed by atoms with Gasteiger partial charge in [-0.15, -0.1) is 11.3 Å². The van der Waals surface area contributed by atoms with Gasteiger partial charge in [0.1, 0.15) is 0 Å². The second-order valence-corrected chi connectivity index (χ2v) is 7.62. The smallest absolute Gasteiger partial charge is 0.236 e. The van der Waals surface area contributed by atoms with Crippen LogP contribution in [0, 0.1) is 0 Å². The number of thiazole rings is 1. The van der Waals surface area contributed by atoms with Crippen molar-refractivity contribution in [2.75, 3.05) is 45.8 Å². The highest BCUT2D eigenvalue weighted by molar-refractivity contribution is 7.13. The van der Waals surface area contributed by atoms with Gasteiger partial charge in [-0.05, 0) is 25.0 Å². The van der Waals surface area contributed by atoms with Crippen molar-refractivity contribution in [3.63, 3.8) is 0 Å². The van der Waals surface area contributed by atoms with Crippen molar-refractivity contribution in [3.05, 3.63) is 29.5 Å². The predicted molar refractivity (Wildman–Crippen MR) is 97.3 cm³/mol. The van der Waals surface area contributed by atoms with Crippen LogP contribution in [0.2, 0.25) is 0 Å². The summed E-state index contributed by atoms with van der Waals surface area (Å²) >= 11 is 1.63. The molecule has 0 aliphatic carbocycles. The van der Waals surface area contributed by atoms with Crippen LogP contribution in [0.5, 0.6) is 0 Å². The van der Waals surface area contributed by atoms with Gasteiger partial charge < -0.3 is 9.32 Å². The zero-order valence-electron chi connectivity index (χ0n) is 14.4. The lowest BCUT2D eigenvalue weighted by Gasteiger charge is -2.34. The summed E-state index contributed by atoms with van der Waals surface area (Å²) in [4.78, 5) is 23.6. The second-order valence-electron chi connectivity index (χ2n) is 6.76. The van der Waals surface area contributed by atoms with Gasteiger partial charge in [-0.3, -0.25) is 14.6 Å². The monoisotopic (exact) mass is 360 g/mol. The molecule has 25 heavy (non-hydrogen) atoms. The maximum atomic E-state index is 12.3. The van der Waals surface area contributed by atoms with Gasteiger partial charge in [0.25, 0.3) is 0 Å². The molecule has 4 rings (SSSR count). The fourth-order valence-electron chi connectivity index (χ4n) is 3.49. The molecular formula is C18H24N4O2S. The fourth-order valence-corrected chi connectivity index (χ4v) is 4.26. The van der Waals surface area contributed by atoms with E-state index in [4.69, 9.17) is 4.42 Å². The molecule has 7 heteroatoms. The van der Waals surface area contributed by atoms with Gasteiger partial charge in [0.2, 0.25) is 5.91 Å². The third kappa shape index (κ3) is 4.11. The molecule has 134 valence electrons. The van der Waals surface area contributed by atoms with Crippen LogP contribution in [0.4, 0.5) is 0 Å². The molecule has 0 atom stereocenters. The Hall–Kier alpha value is -1.70. The minimum Gasteiger partial charge on any atom is -0.462 e. The molecule has 2 aliphatic heterocycles. The quantitative estimate of drug-likeness (QED) is 0.818. The molecule has 2 aromatic heterocycles. The van der Waals surface area contributed by atoms with E-state index < -0.39 is 0 Å². The first-order chi connectivity index (χ1) is 12.3. The van der Waals surface area contributed by atoms with E-state index in [1.54, 1.807) is 17.6 Å². The lowest BCUT2D eigenvalue weighted by Crippen LogP contribution is -2.49. The summed E-state index contributed by atoms with van der Waals surface area (Å²) in [6.07, 6.45) is 4.00. The van der Waals surface area contributed by atoms with Crippen LogP contribution in [0.15, 0.2) is 28.2 Å². The summed E-state index contributed by atoms with van der Waals surface area (Å²) in [6.45, 7) is 7.21. The molecule has 2 saturated heterocycles. The van der Waals surface area contributed by atoms with Crippen LogP contribution in [-0.2, 0) is 11.3 Å². The molecule has 0 bridgehead atoms. The molecule has 2 fully saturated rings. The number of aromatic nitrogens is 1. The highest BCUT2D eigenvalue weighted by atomic mass is 32.1. The van der Waals surface area contributed by atoms with Crippen molar-refractivity contribution in [2.24, 2.45) is 0 Å². The van der Waals surface area contributed by atoms with Gasteiger partial charge in [0, 0.05) is 51.2 Å². The Morgan fingerprint density at radius 2 is 1.88 bits per heavy atom. The van der Waals surface area contributed by atoms with Crippen LogP contribution in [0.3, 0.4) is 0 Å². The first kappa shape index (κ1) is 16.8. The molecule has 2 aromatic rings. The molecule has 0 unspecified atom stereocenters. The Bertz CT molecular complexity index is 686. The van der Waals surface area contributed by atoms with Crippen molar-refractivity contribution < 1.29 is 9.21 Å². The summed E-state index contributed by atoms with van der Waals surface area (Å²) in [6, 6.07) is 3.83. The molecule has 1 amide bonds. The highest BCUT2D eigenvalue weighted by Crippen LogP contribution is 2.24. The normalized spacial score (nSPS) is 19.6. The fraction of sp³-hybridized carbons (Fsp3) is 0.556. The molecule has 0 saturated carbocycles. The van der Waals surface area contributed by atoms with E-state index in [0.717, 1.165) is 75.1 Å². The van der Waals surface area contributed by atoms with Gasteiger partial charge in [0.05, 0.1) is 18.5 Å². The predicted octanol–water partition coefficient (Wildman–Crippen LogP) is 2.14. The Morgan fingerprint density at radius 3 is 2.60 bits per heavy atom. The topological polar surface area (TPSA) is 52.8 Å². The Balaban J connectivity index is 1.24. The zero-order valence-corrected chi connectivity index (χ0v) is 15.2. The van der Waals surface area contributed by atoms with Gasteiger partial charge in [-0.1, -0.05) is 0 Å². The van der Waals surface area contributed by atoms with E-state index in [2.05, 4.69) is 20.2 Å². The molecule has 6 nitrogen and oxygen atoms in total. The van der Waals surface area contributed by atoms with Crippen molar-refractivity contribution in [3.8, 4) is 10.8 Å². The molecule has 0 N–H and O–H groups in total. The average Bonchev–Trinajstić information content (AvgIpc) is 3.38. The molecule has 0 radical (unpaired) electrons. The lowest BCUT2D eigenvalue weighted by atomic mass is 10.3. The number of amides is 1. The number of nitrogens with zero attached hydrogens (tertiary/aromatic N) is 4. The van der Waals surface area contributed by atoms with Crippen LogP contribution in [0.1, 0.15) is 18.5 Å². The van der Waals surface area contributed by atoms with E-state index in [-0.39, 0.29) is 0 Å². The summed E-state index contributed by atoms with van der Waals surface area (Å²) < 4.78 is 5.41. The van der Waals surface area contributed by atoms with Crippen LogP contribution < -0.4 is 0 Å². The molecule has 0 spiro atoms. The Morgan fingerprint density at radius 1 is 1.12 bits per heavy atom. The highest BCUT2D eigenvalue weighted by Gasteiger charge is 2.23. The largest absolute Gasteiger partial charge is 0.462 e. The summed E-state index contributed by atoms with van der Waals surface area (Å²) in [5, 5.41) is 3.05. The van der Waals surface area contributed by atoms with Crippen molar-refractivity contribution in [1.29, 1.82) is 0 Å². The van der Waals surface area contributed by atoms with Gasteiger partial charge in [-0.25, -0.2) is 4.98 Å². The van der Waals surface area contributed by atoms with Crippen molar-refractivity contribution in [1.82, 2.24) is 19.7 Å². The maximum Gasteiger partial charge on any atom is 0.236 e. The number of furan rings is 1. The molecular weight excluding hydrogens is 336 g/mol. The number of likely N-dealkylation sites (tertiary alicyclic amines) is 1. The van der Waals surface area contributed by atoms with Gasteiger partial charge in [-0.2, -0.15) is 0 Å². The number of hydrogen-bond acceptors (Lipinski definition) is 6. The van der Waals surface area contributed by atoms with Crippen LogP contribution in [0.25, 0.3) is 10.8 Å². The van der Waals surface area contributed by atoms with Gasteiger partial charge in [0.15, 0.2) is 10.8 Å². The maximum absolute atomic E-state index is 12.3. The standard InChI is InChI=1S/C18H24N4O2S/c23-17(22-5-1-2-6-22)13-21-9-7-20(8-10-21)12-15-14-25-18(19-15)16-4-3-11-24-16/h3-4,11,14H,1-2,5-10,12-13H2. The third-order valence-electron chi connectivity index (χ3n) is 4.95. The number of hydrogen-bond donors (Lipinski definition) is 0. The number of piperazine rings is 1. The van der Waals surface area contributed by atoms with Crippen LogP contribution >= 0.6 is 11.3 Å². The number of carbonyl (C=O) groups is 1. The number of carbonyl (C=O) groups excluding carboxylic acids is 1. The van der Waals surface area contributed by atoms with Gasteiger partial charge >= 0.3 is 0 Å².